The minimum atomic E-state index is -0.205. The molecule has 1 fully saturated rings. The summed E-state index contributed by atoms with van der Waals surface area (Å²) in [5.74, 6) is 0.648. The molecule has 3 aromatic rings. The molecule has 1 saturated heterocycles. The monoisotopic (exact) mass is 479 g/mol. The van der Waals surface area contributed by atoms with Crippen LogP contribution in [-0.2, 0) is 9.53 Å². The Morgan fingerprint density at radius 1 is 1.12 bits per heavy atom. The molecular formula is C27H30ClN3O3. The zero-order chi connectivity index (χ0) is 24.1. The molecule has 1 aromatic heterocycles. The lowest BCUT2D eigenvalue weighted by atomic mass is 9.97. The van der Waals surface area contributed by atoms with Gasteiger partial charge in [0.2, 0.25) is 0 Å². The molecule has 0 bridgehead atoms. The largest absolute Gasteiger partial charge is 0.466 e. The summed E-state index contributed by atoms with van der Waals surface area (Å²) < 4.78 is 5.16. The highest BCUT2D eigenvalue weighted by Crippen LogP contribution is 2.29. The van der Waals surface area contributed by atoms with E-state index in [1.54, 1.807) is 6.07 Å². The van der Waals surface area contributed by atoms with Crippen molar-refractivity contribution in [3.8, 4) is 0 Å². The molecule has 4 rings (SSSR count). The van der Waals surface area contributed by atoms with Crippen LogP contribution in [0.5, 0.6) is 0 Å². The zero-order valence-corrected chi connectivity index (χ0v) is 20.3. The van der Waals surface area contributed by atoms with Crippen molar-refractivity contribution < 1.29 is 14.3 Å². The molecule has 1 atom stereocenters. The fourth-order valence-electron chi connectivity index (χ4n) is 4.41. The van der Waals surface area contributed by atoms with Crippen molar-refractivity contribution in [2.45, 2.75) is 32.6 Å². The minimum absolute atomic E-state index is 0.0518. The Morgan fingerprint density at radius 3 is 2.56 bits per heavy atom. The number of nitrogens with one attached hydrogen (secondary N) is 1. The molecule has 2 aromatic carbocycles. The SMILES string of the molecule is CCOC(=O)C1CCN(c2ccc3c(C(=O)NC[C@@H](C)c4ccccc4)c(Cl)ccc3n2)CC1. The number of aromatic nitrogens is 1. The second kappa shape index (κ2) is 10.9. The van der Waals surface area contributed by atoms with E-state index in [9.17, 15) is 9.59 Å². The van der Waals surface area contributed by atoms with Crippen LogP contribution in [-0.4, -0.2) is 43.1 Å². The van der Waals surface area contributed by atoms with Crippen molar-refractivity contribution in [1.82, 2.24) is 10.3 Å². The maximum absolute atomic E-state index is 13.1. The highest BCUT2D eigenvalue weighted by Gasteiger charge is 2.27. The third-order valence-corrected chi connectivity index (χ3v) is 6.72. The Hall–Kier alpha value is -3.12. The van der Waals surface area contributed by atoms with Gasteiger partial charge in [0.1, 0.15) is 5.82 Å². The van der Waals surface area contributed by atoms with E-state index in [0.717, 1.165) is 42.7 Å². The summed E-state index contributed by atoms with van der Waals surface area (Å²) in [5.41, 5.74) is 2.33. The first kappa shape index (κ1) is 24.0. The maximum atomic E-state index is 13.1. The molecule has 1 aliphatic heterocycles. The van der Waals surface area contributed by atoms with Gasteiger partial charge in [0.25, 0.3) is 5.91 Å². The van der Waals surface area contributed by atoms with E-state index in [2.05, 4.69) is 29.3 Å². The fourth-order valence-corrected chi connectivity index (χ4v) is 4.66. The van der Waals surface area contributed by atoms with Crippen LogP contribution in [0.15, 0.2) is 54.6 Å². The van der Waals surface area contributed by atoms with E-state index in [1.165, 1.54) is 5.56 Å². The third kappa shape index (κ3) is 5.33. The summed E-state index contributed by atoms with van der Waals surface area (Å²) in [4.78, 5) is 32.1. The molecule has 178 valence electrons. The smallest absolute Gasteiger partial charge is 0.309 e. The Morgan fingerprint density at radius 2 is 1.85 bits per heavy atom. The quantitative estimate of drug-likeness (QED) is 0.471. The Bertz CT molecular complexity index is 1160. The van der Waals surface area contributed by atoms with Gasteiger partial charge in [-0.15, -0.1) is 0 Å². The van der Waals surface area contributed by atoms with E-state index in [-0.39, 0.29) is 23.7 Å². The minimum Gasteiger partial charge on any atom is -0.466 e. The van der Waals surface area contributed by atoms with E-state index in [4.69, 9.17) is 21.3 Å². The molecule has 2 heterocycles. The number of anilines is 1. The number of carbonyl (C=O) groups is 2. The van der Waals surface area contributed by atoms with Crippen molar-refractivity contribution in [3.05, 3.63) is 70.7 Å². The van der Waals surface area contributed by atoms with Crippen LogP contribution in [0.25, 0.3) is 10.9 Å². The van der Waals surface area contributed by atoms with Crippen molar-refractivity contribution in [2.75, 3.05) is 31.1 Å². The molecule has 34 heavy (non-hydrogen) atoms. The van der Waals surface area contributed by atoms with Crippen LogP contribution in [0.1, 0.15) is 48.5 Å². The summed E-state index contributed by atoms with van der Waals surface area (Å²) in [7, 11) is 0. The number of benzene rings is 2. The summed E-state index contributed by atoms with van der Waals surface area (Å²) in [6.45, 7) is 6.31. The van der Waals surface area contributed by atoms with Gasteiger partial charge < -0.3 is 15.0 Å². The van der Waals surface area contributed by atoms with Crippen LogP contribution >= 0.6 is 11.6 Å². The van der Waals surface area contributed by atoms with Gasteiger partial charge in [0.15, 0.2) is 0 Å². The highest BCUT2D eigenvalue weighted by atomic mass is 35.5. The number of hydrogen-bond donors (Lipinski definition) is 1. The molecule has 6 nitrogen and oxygen atoms in total. The molecule has 0 saturated carbocycles. The highest BCUT2D eigenvalue weighted by molar-refractivity contribution is 6.35. The molecule has 1 amide bonds. The van der Waals surface area contributed by atoms with Gasteiger partial charge in [-0.1, -0.05) is 48.9 Å². The van der Waals surface area contributed by atoms with Crippen LogP contribution in [0.2, 0.25) is 5.02 Å². The summed E-state index contributed by atoms with van der Waals surface area (Å²) in [6, 6.07) is 17.5. The summed E-state index contributed by atoms with van der Waals surface area (Å²) in [6.07, 6.45) is 1.48. The van der Waals surface area contributed by atoms with E-state index >= 15 is 0 Å². The van der Waals surface area contributed by atoms with Gasteiger partial charge in [0, 0.05) is 25.0 Å². The summed E-state index contributed by atoms with van der Waals surface area (Å²) >= 11 is 6.45. The number of hydrogen-bond acceptors (Lipinski definition) is 5. The Kier molecular flexibility index (Phi) is 7.68. The van der Waals surface area contributed by atoms with Crippen molar-refractivity contribution >= 4 is 40.2 Å². The molecular weight excluding hydrogens is 450 g/mol. The van der Waals surface area contributed by atoms with Gasteiger partial charge in [-0.05, 0) is 55.5 Å². The average Bonchev–Trinajstić information content (AvgIpc) is 2.87. The van der Waals surface area contributed by atoms with E-state index in [0.29, 0.717) is 23.7 Å². The number of fused-ring (bicyclic) bond motifs is 1. The molecule has 1 N–H and O–H groups in total. The fraction of sp³-hybridized carbons (Fsp3) is 0.370. The second-order valence-electron chi connectivity index (χ2n) is 8.69. The lowest BCUT2D eigenvalue weighted by Crippen LogP contribution is -2.37. The van der Waals surface area contributed by atoms with E-state index < -0.39 is 0 Å². The lowest BCUT2D eigenvalue weighted by Gasteiger charge is -2.31. The maximum Gasteiger partial charge on any atom is 0.309 e. The van der Waals surface area contributed by atoms with Crippen LogP contribution < -0.4 is 10.2 Å². The normalized spacial score (nSPS) is 15.2. The predicted octanol–water partition coefficient (Wildman–Crippen LogP) is 5.20. The first-order valence-electron chi connectivity index (χ1n) is 11.8. The standard InChI is InChI=1S/C27H30ClN3O3/c1-3-34-27(33)20-13-15-31(16-14-20)24-12-9-21-23(30-24)11-10-22(28)25(21)26(32)29-17-18(2)19-7-5-4-6-8-19/h4-12,18,20H,3,13-17H2,1-2H3,(H,29,32)/t18-/m1/s1. The number of rotatable bonds is 7. The Balaban J connectivity index is 1.47. The molecule has 1 aliphatic rings. The van der Waals surface area contributed by atoms with Crippen molar-refractivity contribution in [1.29, 1.82) is 0 Å². The first-order valence-corrected chi connectivity index (χ1v) is 12.2. The molecule has 0 unspecified atom stereocenters. The molecule has 7 heteroatoms. The number of nitrogens with zero attached hydrogens (tertiary/aromatic N) is 2. The second-order valence-corrected chi connectivity index (χ2v) is 9.10. The predicted molar refractivity (Wildman–Crippen MR) is 136 cm³/mol. The number of ether oxygens (including phenoxy) is 1. The number of esters is 1. The summed E-state index contributed by atoms with van der Waals surface area (Å²) in [5, 5.41) is 4.16. The van der Waals surface area contributed by atoms with Crippen LogP contribution in [0.4, 0.5) is 5.82 Å². The number of halogens is 1. The Labute approximate surface area is 205 Å². The average molecular weight is 480 g/mol. The lowest BCUT2D eigenvalue weighted by molar-refractivity contribution is -0.148. The number of piperidine rings is 1. The molecule has 0 spiro atoms. The van der Waals surface area contributed by atoms with Gasteiger partial charge in [-0.25, -0.2) is 4.98 Å². The van der Waals surface area contributed by atoms with Gasteiger partial charge in [0.05, 0.1) is 28.6 Å². The van der Waals surface area contributed by atoms with Crippen molar-refractivity contribution in [2.24, 2.45) is 5.92 Å². The van der Waals surface area contributed by atoms with E-state index in [1.807, 2.05) is 43.3 Å². The van der Waals surface area contributed by atoms with Crippen LogP contribution in [0.3, 0.4) is 0 Å². The third-order valence-electron chi connectivity index (χ3n) is 6.41. The first-order chi connectivity index (χ1) is 16.5. The number of carbonyl (C=O) groups excluding carboxylic acids is 2. The number of amides is 1. The van der Waals surface area contributed by atoms with Gasteiger partial charge in [-0.2, -0.15) is 0 Å². The topological polar surface area (TPSA) is 71.5 Å². The molecule has 0 aliphatic carbocycles. The van der Waals surface area contributed by atoms with Gasteiger partial charge in [-0.3, -0.25) is 9.59 Å². The van der Waals surface area contributed by atoms with Gasteiger partial charge >= 0.3 is 5.97 Å². The zero-order valence-electron chi connectivity index (χ0n) is 19.6. The van der Waals surface area contributed by atoms with Crippen LogP contribution in [0, 0.1) is 5.92 Å². The number of pyridine rings is 1. The van der Waals surface area contributed by atoms with Crippen molar-refractivity contribution in [3.63, 3.8) is 0 Å². The molecule has 0 radical (unpaired) electrons.